The van der Waals surface area contributed by atoms with Crippen molar-refractivity contribution in [2.45, 2.75) is 26.5 Å². The minimum atomic E-state index is -0.0426. The quantitative estimate of drug-likeness (QED) is 0.850. The van der Waals surface area contributed by atoms with Gasteiger partial charge in [0.1, 0.15) is 18.2 Å². The first-order valence-electron chi connectivity index (χ1n) is 6.16. The van der Waals surface area contributed by atoms with Gasteiger partial charge in [0, 0.05) is 18.9 Å². The molecule has 1 N–H and O–H groups in total. The molecule has 1 aromatic carbocycles. The summed E-state index contributed by atoms with van der Waals surface area (Å²) >= 11 is 0. The number of aromatic nitrogens is 2. The normalized spacial score (nSPS) is 10.6. The Bertz CT molecular complexity index is 494. The first-order chi connectivity index (χ1) is 8.83. The summed E-state index contributed by atoms with van der Waals surface area (Å²) in [6, 6.07) is 8.01. The zero-order chi connectivity index (χ0) is 12.8. The maximum atomic E-state index is 9.15. The second kappa shape index (κ2) is 6.21. The highest BCUT2D eigenvalue weighted by Crippen LogP contribution is 2.15. The van der Waals surface area contributed by atoms with Crippen LogP contribution in [0.5, 0.6) is 5.75 Å². The van der Waals surface area contributed by atoms with Crippen LogP contribution in [0.3, 0.4) is 0 Å². The molecule has 0 bridgehead atoms. The van der Waals surface area contributed by atoms with E-state index in [1.807, 2.05) is 35.0 Å². The molecule has 0 saturated carbocycles. The summed E-state index contributed by atoms with van der Waals surface area (Å²) in [6.07, 6.45) is 4.56. The lowest BCUT2D eigenvalue weighted by Gasteiger charge is -2.09. The van der Waals surface area contributed by atoms with E-state index in [1.54, 1.807) is 6.20 Å². The number of hydrogen-bond donors (Lipinski definition) is 1. The molecule has 0 spiro atoms. The van der Waals surface area contributed by atoms with Crippen LogP contribution in [0.1, 0.15) is 24.7 Å². The molecule has 2 rings (SSSR count). The van der Waals surface area contributed by atoms with E-state index in [1.165, 1.54) is 0 Å². The second-order valence-electron chi connectivity index (χ2n) is 4.13. The molecule has 0 amide bonds. The third-order valence-corrected chi connectivity index (χ3v) is 2.67. The molecular formula is C14H18N2O2. The maximum absolute atomic E-state index is 9.15. The molecule has 0 unspecified atom stereocenters. The zero-order valence-corrected chi connectivity index (χ0v) is 10.5. The predicted molar refractivity (Wildman–Crippen MR) is 69.5 cm³/mol. The van der Waals surface area contributed by atoms with E-state index >= 15 is 0 Å². The molecule has 1 heterocycles. The molecular weight excluding hydrogens is 228 g/mol. The van der Waals surface area contributed by atoms with Crippen molar-refractivity contribution in [1.82, 2.24) is 9.55 Å². The lowest BCUT2D eigenvalue weighted by Crippen LogP contribution is -2.04. The number of hydrogen-bond acceptors (Lipinski definition) is 3. The highest BCUT2D eigenvalue weighted by molar-refractivity contribution is 5.28. The molecule has 4 heteroatoms. The Balaban J connectivity index is 2.09. The Morgan fingerprint density at radius 3 is 3.06 bits per heavy atom. The Hall–Kier alpha value is -1.81. The molecule has 0 aliphatic heterocycles. The fraction of sp³-hybridized carbons (Fsp3) is 0.357. The van der Waals surface area contributed by atoms with Gasteiger partial charge in [-0.3, -0.25) is 0 Å². The standard InChI is InChI=1S/C14H18N2O2/c1-2-8-18-13-5-3-4-12(9-13)10-16-7-6-15-14(16)11-17/h3-7,9,17H,2,8,10-11H2,1H3. The average Bonchev–Trinajstić information content (AvgIpc) is 2.84. The van der Waals surface area contributed by atoms with E-state index in [9.17, 15) is 0 Å². The van der Waals surface area contributed by atoms with Gasteiger partial charge in [-0.15, -0.1) is 0 Å². The van der Waals surface area contributed by atoms with Crippen molar-refractivity contribution in [2.24, 2.45) is 0 Å². The Morgan fingerprint density at radius 1 is 1.39 bits per heavy atom. The van der Waals surface area contributed by atoms with Crippen LogP contribution >= 0.6 is 0 Å². The SMILES string of the molecule is CCCOc1cccc(Cn2ccnc2CO)c1. The van der Waals surface area contributed by atoms with Crippen LogP contribution in [-0.4, -0.2) is 21.3 Å². The van der Waals surface area contributed by atoms with Crippen LogP contribution in [-0.2, 0) is 13.2 Å². The fourth-order valence-corrected chi connectivity index (χ4v) is 1.79. The fourth-order valence-electron chi connectivity index (χ4n) is 1.79. The Kier molecular flexibility index (Phi) is 4.36. The van der Waals surface area contributed by atoms with Crippen LogP contribution in [0.25, 0.3) is 0 Å². The van der Waals surface area contributed by atoms with Gasteiger partial charge in [0.05, 0.1) is 6.61 Å². The minimum absolute atomic E-state index is 0.0426. The second-order valence-corrected chi connectivity index (χ2v) is 4.13. The summed E-state index contributed by atoms with van der Waals surface area (Å²) in [5, 5.41) is 9.15. The molecule has 96 valence electrons. The predicted octanol–water partition coefficient (Wildman–Crippen LogP) is 2.21. The maximum Gasteiger partial charge on any atom is 0.134 e. The van der Waals surface area contributed by atoms with Crippen molar-refractivity contribution in [3.63, 3.8) is 0 Å². The summed E-state index contributed by atoms with van der Waals surface area (Å²) < 4.78 is 7.53. The van der Waals surface area contributed by atoms with E-state index in [0.29, 0.717) is 12.4 Å². The van der Waals surface area contributed by atoms with Gasteiger partial charge in [-0.05, 0) is 24.1 Å². The van der Waals surface area contributed by atoms with Gasteiger partial charge in [0.2, 0.25) is 0 Å². The number of aliphatic hydroxyl groups is 1. The summed E-state index contributed by atoms with van der Waals surface area (Å²) in [5.41, 5.74) is 1.14. The van der Waals surface area contributed by atoms with Crippen molar-refractivity contribution in [3.05, 3.63) is 48.0 Å². The average molecular weight is 246 g/mol. The van der Waals surface area contributed by atoms with Gasteiger partial charge in [-0.2, -0.15) is 0 Å². The summed E-state index contributed by atoms with van der Waals surface area (Å²) in [7, 11) is 0. The largest absolute Gasteiger partial charge is 0.494 e. The molecule has 1 aromatic heterocycles. The van der Waals surface area contributed by atoms with Crippen molar-refractivity contribution in [2.75, 3.05) is 6.61 Å². The van der Waals surface area contributed by atoms with E-state index in [4.69, 9.17) is 9.84 Å². The molecule has 0 fully saturated rings. The number of ether oxygens (including phenoxy) is 1. The van der Waals surface area contributed by atoms with Gasteiger partial charge in [0.25, 0.3) is 0 Å². The van der Waals surface area contributed by atoms with Gasteiger partial charge >= 0.3 is 0 Å². The van der Waals surface area contributed by atoms with E-state index < -0.39 is 0 Å². The topological polar surface area (TPSA) is 47.3 Å². The van der Waals surface area contributed by atoms with Gasteiger partial charge in [-0.1, -0.05) is 19.1 Å². The molecule has 0 radical (unpaired) electrons. The Morgan fingerprint density at radius 2 is 2.28 bits per heavy atom. The molecule has 0 saturated heterocycles. The van der Waals surface area contributed by atoms with Crippen LogP contribution in [0.4, 0.5) is 0 Å². The van der Waals surface area contributed by atoms with Gasteiger partial charge in [-0.25, -0.2) is 4.98 Å². The Labute approximate surface area is 107 Å². The third-order valence-electron chi connectivity index (χ3n) is 2.67. The number of benzene rings is 1. The van der Waals surface area contributed by atoms with Gasteiger partial charge < -0.3 is 14.4 Å². The molecule has 4 nitrogen and oxygen atoms in total. The minimum Gasteiger partial charge on any atom is -0.494 e. The molecule has 0 aliphatic rings. The van der Waals surface area contributed by atoms with Crippen LogP contribution in [0, 0.1) is 0 Å². The summed E-state index contributed by atoms with van der Waals surface area (Å²) in [6.45, 7) is 3.47. The molecule has 18 heavy (non-hydrogen) atoms. The number of nitrogens with zero attached hydrogens (tertiary/aromatic N) is 2. The highest BCUT2D eigenvalue weighted by atomic mass is 16.5. The third kappa shape index (κ3) is 3.11. The lowest BCUT2D eigenvalue weighted by molar-refractivity contribution is 0.266. The van der Waals surface area contributed by atoms with E-state index in [2.05, 4.69) is 11.9 Å². The molecule has 0 atom stereocenters. The molecule has 2 aromatic rings. The van der Waals surface area contributed by atoms with Gasteiger partial charge in [0.15, 0.2) is 0 Å². The van der Waals surface area contributed by atoms with E-state index in [-0.39, 0.29) is 6.61 Å². The van der Waals surface area contributed by atoms with Crippen molar-refractivity contribution in [3.8, 4) is 5.75 Å². The molecule has 0 aliphatic carbocycles. The summed E-state index contributed by atoms with van der Waals surface area (Å²) in [4.78, 5) is 4.08. The summed E-state index contributed by atoms with van der Waals surface area (Å²) in [5.74, 6) is 1.56. The monoisotopic (exact) mass is 246 g/mol. The number of imidazole rings is 1. The number of aliphatic hydroxyl groups excluding tert-OH is 1. The first kappa shape index (κ1) is 12.6. The van der Waals surface area contributed by atoms with Crippen LogP contribution < -0.4 is 4.74 Å². The highest BCUT2D eigenvalue weighted by Gasteiger charge is 2.03. The van der Waals surface area contributed by atoms with Crippen LogP contribution in [0.2, 0.25) is 0 Å². The first-order valence-corrected chi connectivity index (χ1v) is 6.16. The van der Waals surface area contributed by atoms with Crippen molar-refractivity contribution >= 4 is 0 Å². The smallest absolute Gasteiger partial charge is 0.134 e. The van der Waals surface area contributed by atoms with Crippen LogP contribution in [0.15, 0.2) is 36.7 Å². The number of rotatable bonds is 6. The van der Waals surface area contributed by atoms with Crippen molar-refractivity contribution in [1.29, 1.82) is 0 Å². The van der Waals surface area contributed by atoms with Crippen molar-refractivity contribution < 1.29 is 9.84 Å². The lowest BCUT2D eigenvalue weighted by atomic mass is 10.2. The zero-order valence-electron chi connectivity index (χ0n) is 10.5. The van der Waals surface area contributed by atoms with E-state index in [0.717, 1.165) is 24.3 Å².